The lowest BCUT2D eigenvalue weighted by Gasteiger charge is -2.38. The van der Waals surface area contributed by atoms with Crippen LogP contribution in [0.3, 0.4) is 0 Å². The molecule has 16 heavy (non-hydrogen) atoms. The third kappa shape index (κ3) is 2.74. The molecule has 2 fully saturated rings. The molecule has 2 heterocycles. The molecule has 4 nitrogen and oxygen atoms in total. The average Bonchev–Trinajstić information content (AvgIpc) is 2.47. The van der Waals surface area contributed by atoms with Crippen LogP contribution < -0.4 is 5.32 Å². The lowest BCUT2D eigenvalue weighted by Crippen LogP contribution is -2.48. The lowest BCUT2D eigenvalue weighted by molar-refractivity contribution is -0.122. The number of likely N-dealkylation sites (tertiary alicyclic amines) is 1. The molecule has 4 heteroatoms. The van der Waals surface area contributed by atoms with Crippen molar-refractivity contribution in [3.8, 4) is 0 Å². The molecule has 3 atom stereocenters. The third-order valence-corrected chi connectivity index (χ3v) is 3.92. The first-order valence-corrected chi connectivity index (χ1v) is 6.35. The van der Waals surface area contributed by atoms with Crippen molar-refractivity contribution in [2.45, 2.75) is 44.8 Å². The van der Waals surface area contributed by atoms with Gasteiger partial charge < -0.3 is 10.4 Å². The molecule has 0 bridgehead atoms. The molecule has 0 aromatic heterocycles. The zero-order valence-corrected chi connectivity index (χ0v) is 9.98. The van der Waals surface area contributed by atoms with Crippen molar-refractivity contribution in [2.75, 3.05) is 19.6 Å². The molecule has 3 unspecified atom stereocenters. The SMILES string of the molecule is CC1CCN(C2CCCNC(=O)C2)CC1O. The fourth-order valence-corrected chi connectivity index (χ4v) is 2.67. The molecule has 0 radical (unpaired) electrons. The monoisotopic (exact) mass is 226 g/mol. The van der Waals surface area contributed by atoms with Gasteiger partial charge in [-0.3, -0.25) is 9.69 Å². The predicted molar refractivity (Wildman–Crippen MR) is 62.0 cm³/mol. The Hall–Kier alpha value is -0.610. The summed E-state index contributed by atoms with van der Waals surface area (Å²) < 4.78 is 0. The highest BCUT2D eigenvalue weighted by Gasteiger charge is 2.30. The van der Waals surface area contributed by atoms with Crippen LogP contribution in [0.1, 0.15) is 32.6 Å². The van der Waals surface area contributed by atoms with E-state index in [0.29, 0.717) is 18.4 Å². The van der Waals surface area contributed by atoms with Gasteiger partial charge in [-0.15, -0.1) is 0 Å². The number of amides is 1. The summed E-state index contributed by atoms with van der Waals surface area (Å²) in [6.45, 7) is 4.67. The van der Waals surface area contributed by atoms with E-state index in [4.69, 9.17) is 0 Å². The van der Waals surface area contributed by atoms with Crippen LogP contribution in [0.5, 0.6) is 0 Å². The van der Waals surface area contributed by atoms with E-state index in [1.54, 1.807) is 0 Å². The first-order chi connectivity index (χ1) is 7.66. The van der Waals surface area contributed by atoms with E-state index >= 15 is 0 Å². The normalized spacial score (nSPS) is 37.9. The Bertz CT molecular complexity index is 257. The van der Waals surface area contributed by atoms with Gasteiger partial charge in [-0.25, -0.2) is 0 Å². The molecule has 0 aliphatic carbocycles. The zero-order chi connectivity index (χ0) is 11.5. The topological polar surface area (TPSA) is 52.6 Å². The zero-order valence-electron chi connectivity index (χ0n) is 9.98. The van der Waals surface area contributed by atoms with Crippen LogP contribution in [0.4, 0.5) is 0 Å². The smallest absolute Gasteiger partial charge is 0.221 e. The minimum absolute atomic E-state index is 0.163. The van der Waals surface area contributed by atoms with Crippen LogP contribution in [-0.2, 0) is 4.79 Å². The van der Waals surface area contributed by atoms with Crippen LogP contribution in [0, 0.1) is 5.92 Å². The van der Waals surface area contributed by atoms with E-state index in [9.17, 15) is 9.90 Å². The Morgan fingerprint density at radius 2 is 2.25 bits per heavy atom. The number of carbonyl (C=O) groups excluding carboxylic acids is 1. The van der Waals surface area contributed by atoms with Gasteiger partial charge in [0.25, 0.3) is 0 Å². The largest absolute Gasteiger partial charge is 0.392 e. The van der Waals surface area contributed by atoms with Gasteiger partial charge in [-0.05, 0) is 31.7 Å². The van der Waals surface area contributed by atoms with Crippen LogP contribution in [0.25, 0.3) is 0 Å². The molecule has 2 aliphatic heterocycles. The molecule has 2 aliphatic rings. The quantitative estimate of drug-likeness (QED) is 0.678. The average molecular weight is 226 g/mol. The molecule has 0 spiro atoms. The second kappa shape index (κ2) is 5.15. The van der Waals surface area contributed by atoms with Crippen molar-refractivity contribution >= 4 is 5.91 Å². The Labute approximate surface area is 97.0 Å². The molecule has 2 N–H and O–H groups in total. The number of nitrogens with one attached hydrogen (secondary N) is 1. The van der Waals surface area contributed by atoms with E-state index in [1.165, 1.54) is 0 Å². The summed E-state index contributed by atoms with van der Waals surface area (Å²) in [6.07, 6.45) is 3.54. The molecule has 0 aromatic carbocycles. The molecular weight excluding hydrogens is 204 g/mol. The molecule has 1 amide bonds. The fraction of sp³-hybridized carbons (Fsp3) is 0.917. The highest BCUT2D eigenvalue weighted by Crippen LogP contribution is 2.22. The van der Waals surface area contributed by atoms with Crippen molar-refractivity contribution in [1.29, 1.82) is 0 Å². The summed E-state index contributed by atoms with van der Waals surface area (Å²) >= 11 is 0. The van der Waals surface area contributed by atoms with Gasteiger partial charge in [0.2, 0.25) is 5.91 Å². The number of β-amino-alcohol motifs (C(OH)–C–C–N with tert-alkyl or cyclic N) is 1. The minimum atomic E-state index is -0.222. The highest BCUT2D eigenvalue weighted by molar-refractivity contribution is 5.76. The van der Waals surface area contributed by atoms with E-state index in [2.05, 4.69) is 17.1 Å². The van der Waals surface area contributed by atoms with Gasteiger partial charge in [-0.1, -0.05) is 6.92 Å². The number of aliphatic hydroxyl groups excluding tert-OH is 1. The standard InChI is InChI=1S/C12H22N2O2/c1-9-4-6-14(8-11(9)15)10-3-2-5-13-12(16)7-10/h9-11,15H,2-8H2,1H3,(H,13,16). The van der Waals surface area contributed by atoms with Crippen LogP contribution in [0.15, 0.2) is 0 Å². The Morgan fingerprint density at radius 1 is 1.44 bits per heavy atom. The Balaban J connectivity index is 1.93. The molecule has 2 rings (SSSR count). The summed E-state index contributed by atoms with van der Waals surface area (Å²) in [5.74, 6) is 0.562. The van der Waals surface area contributed by atoms with E-state index in [-0.39, 0.29) is 12.0 Å². The summed E-state index contributed by atoms with van der Waals surface area (Å²) in [6, 6.07) is 0.338. The van der Waals surface area contributed by atoms with Crippen LogP contribution in [0.2, 0.25) is 0 Å². The summed E-state index contributed by atoms with van der Waals surface area (Å²) in [5, 5.41) is 12.8. The van der Waals surface area contributed by atoms with Gasteiger partial charge in [-0.2, -0.15) is 0 Å². The van der Waals surface area contributed by atoms with Gasteiger partial charge in [0.05, 0.1) is 6.10 Å². The number of carbonyl (C=O) groups is 1. The first kappa shape index (κ1) is 11.9. The Morgan fingerprint density at radius 3 is 3.00 bits per heavy atom. The first-order valence-electron chi connectivity index (χ1n) is 6.35. The second-order valence-corrected chi connectivity index (χ2v) is 5.18. The number of hydrogen-bond donors (Lipinski definition) is 2. The number of hydrogen-bond acceptors (Lipinski definition) is 3. The van der Waals surface area contributed by atoms with Crippen molar-refractivity contribution in [3.63, 3.8) is 0 Å². The lowest BCUT2D eigenvalue weighted by atomic mass is 9.93. The highest BCUT2D eigenvalue weighted by atomic mass is 16.3. The van der Waals surface area contributed by atoms with Crippen molar-refractivity contribution < 1.29 is 9.90 Å². The molecular formula is C12H22N2O2. The Kier molecular flexibility index (Phi) is 3.82. The van der Waals surface area contributed by atoms with Gasteiger partial charge >= 0.3 is 0 Å². The van der Waals surface area contributed by atoms with Crippen LogP contribution >= 0.6 is 0 Å². The maximum Gasteiger partial charge on any atom is 0.221 e. The van der Waals surface area contributed by atoms with E-state index in [0.717, 1.165) is 38.9 Å². The van der Waals surface area contributed by atoms with Gasteiger partial charge in [0, 0.05) is 25.6 Å². The second-order valence-electron chi connectivity index (χ2n) is 5.18. The van der Waals surface area contributed by atoms with Crippen molar-refractivity contribution in [1.82, 2.24) is 10.2 Å². The molecule has 92 valence electrons. The maximum atomic E-state index is 11.5. The van der Waals surface area contributed by atoms with Crippen molar-refractivity contribution in [3.05, 3.63) is 0 Å². The number of rotatable bonds is 1. The number of piperidine rings is 1. The van der Waals surface area contributed by atoms with Crippen molar-refractivity contribution in [2.24, 2.45) is 5.92 Å². The summed E-state index contributed by atoms with van der Waals surface area (Å²) in [4.78, 5) is 13.8. The summed E-state index contributed by atoms with van der Waals surface area (Å²) in [5.41, 5.74) is 0. The van der Waals surface area contributed by atoms with E-state index in [1.807, 2.05) is 0 Å². The molecule has 0 saturated carbocycles. The maximum absolute atomic E-state index is 11.5. The number of aliphatic hydroxyl groups is 1. The molecule has 0 aromatic rings. The van der Waals surface area contributed by atoms with E-state index < -0.39 is 0 Å². The third-order valence-electron chi connectivity index (χ3n) is 3.92. The van der Waals surface area contributed by atoms with Gasteiger partial charge in [0.15, 0.2) is 0 Å². The molecule has 2 saturated heterocycles. The van der Waals surface area contributed by atoms with Gasteiger partial charge in [0.1, 0.15) is 0 Å². The number of nitrogens with zero attached hydrogens (tertiary/aromatic N) is 1. The predicted octanol–water partition coefficient (Wildman–Crippen LogP) is 0.358. The summed E-state index contributed by atoms with van der Waals surface area (Å²) in [7, 11) is 0. The van der Waals surface area contributed by atoms with Crippen LogP contribution in [-0.4, -0.2) is 47.7 Å². The fourth-order valence-electron chi connectivity index (χ4n) is 2.67. The minimum Gasteiger partial charge on any atom is -0.392 e.